The van der Waals surface area contributed by atoms with Gasteiger partial charge in [0.2, 0.25) is 5.91 Å². The fraction of sp³-hybridized carbons (Fsp3) is 0.611. The summed E-state index contributed by atoms with van der Waals surface area (Å²) < 4.78 is 28.4. The molecule has 1 fully saturated rings. The molecule has 26 heavy (non-hydrogen) atoms. The Hall–Kier alpha value is -1.31. The zero-order chi connectivity index (χ0) is 18.3. The van der Waals surface area contributed by atoms with Crippen molar-refractivity contribution in [1.29, 1.82) is 0 Å². The Morgan fingerprint density at radius 3 is 2.50 bits per heavy atom. The molecule has 6 nitrogen and oxygen atoms in total. The van der Waals surface area contributed by atoms with E-state index in [0.29, 0.717) is 37.7 Å². The van der Waals surface area contributed by atoms with Crippen LogP contribution in [0.25, 0.3) is 0 Å². The van der Waals surface area contributed by atoms with Gasteiger partial charge in [-0.05, 0) is 56.0 Å². The second kappa shape index (κ2) is 10.7. The minimum absolute atomic E-state index is 0. The average molecular weight is 405 g/mol. The highest BCUT2D eigenvalue weighted by Gasteiger charge is 2.24. The van der Waals surface area contributed by atoms with Gasteiger partial charge in [0, 0.05) is 18.7 Å². The predicted octanol–water partition coefficient (Wildman–Crippen LogP) is 2.30. The van der Waals surface area contributed by atoms with E-state index in [1.54, 1.807) is 12.1 Å². The highest BCUT2D eigenvalue weighted by atomic mass is 35.5. The van der Waals surface area contributed by atoms with Gasteiger partial charge in [0.05, 0.1) is 11.5 Å². The number of carbonyl (C=O) groups is 1. The van der Waals surface area contributed by atoms with Crippen molar-refractivity contribution in [2.24, 2.45) is 11.7 Å². The zero-order valence-corrected chi connectivity index (χ0v) is 16.8. The number of nitrogens with two attached hydrogens (primary N) is 1. The number of rotatable bonds is 8. The second-order valence-electron chi connectivity index (χ2n) is 6.65. The Kier molecular flexibility index (Phi) is 9.39. The highest BCUT2D eigenvalue weighted by molar-refractivity contribution is 7.90. The van der Waals surface area contributed by atoms with Gasteiger partial charge in [-0.1, -0.05) is 12.8 Å². The first-order valence-electron chi connectivity index (χ1n) is 8.82. The molecule has 0 heterocycles. The van der Waals surface area contributed by atoms with Gasteiger partial charge in [-0.3, -0.25) is 4.79 Å². The van der Waals surface area contributed by atoms with Gasteiger partial charge in [-0.15, -0.1) is 12.4 Å². The van der Waals surface area contributed by atoms with Crippen LogP contribution in [0.2, 0.25) is 0 Å². The molecule has 0 aliphatic heterocycles. The summed E-state index contributed by atoms with van der Waals surface area (Å²) in [7, 11) is -3.19. The summed E-state index contributed by atoms with van der Waals surface area (Å²) >= 11 is 0. The summed E-state index contributed by atoms with van der Waals surface area (Å²) in [6.45, 7) is 1.04. The third kappa shape index (κ3) is 7.13. The molecule has 2 unspecified atom stereocenters. The lowest BCUT2D eigenvalue weighted by Crippen LogP contribution is -2.44. The molecule has 1 aliphatic carbocycles. The second-order valence-corrected chi connectivity index (χ2v) is 8.67. The van der Waals surface area contributed by atoms with Gasteiger partial charge in [0.25, 0.3) is 0 Å². The monoisotopic (exact) mass is 404 g/mol. The van der Waals surface area contributed by atoms with E-state index in [-0.39, 0.29) is 29.3 Å². The molecule has 3 N–H and O–H groups in total. The molecule has 1 aliphatic rings. The minimum Gasteiger partial charge on any atom is -0.494 e. The summed E-state index contributed by atoms with van der Waals surface area (Å²) in [6, 6.07) is 6.51. The first-order valence-corrected chi connectivity index (χ1v) is 10.7. The molecular weight excluding hydrogens is 376 g/mol. The van der Waals surface area contributed by atoms with Crippen LogP contribution in [0.4, 0.5) is 0 Å². The molecule has 0 radical (unpaired) electrons. The number of benzene rings is 1. The average Bonchev–Trinajstić information content (AvgIpc) is 2.59. The predicted molar refractivity (Wildman–Crippen MR) is 104 cm³/mol. The topological polar surface area (TPSA) is 98.5 Å². The quantitative estimate of drug-likeness (QED) is 0.648. The zero-order valence-electron chi connectivity index (χ0n) is 15.1. The van der Waals surface area contributed by atoms with Gasteiger partial charge in [-0.2, -0.15) is 0 Å². The standard InChI is InChI=1S/C18H28N2O4S.ClH/c1-25(22,23)16-10-8-15(9-11-16)24-12-4-7-18(21)20-17-6-3-2-5-14(17)13-19;/h8-11,14,17H,2-7,12-13,19H2,1H3,(H,20,21);1H. The normalized spacial score (nSPS) is 20.1. The SMILES string of the molecule is CS(=O)(=O)c1ccc(OCCCC(=O)NC2CCCCC2CN)cc1.Cl. The first kappa shape index (κ1) is 22.7. The highest BCUT2D eigenvalue weighted by Crippen LogP contribution is 2.23. The molecule has 8 heteroatoms. The molecular formula is C18H29ClN2O4S. The van der Waals surface area contributed by atoms with Crippen LogP contribution in [0.1, 0.15) is 38.5 Å². The van der Waals surface area contributed by atoms with Crippen molar-refractivity contribution in [3.8, 4) is 5.75 Å². The maximum absolute atomic E-state index is 12.1. The summed E-state index contributed by atoms with van der Waals surface area (Å²) in [5.74, 6) is 1.03. The van der Waals surface area contributed by atoms with E-state index in [2.05, 4.69) is 5.32 Å². The fourth-order valence-electron chi connectivity index (χ4n) is 3.16. The number of hydrogen-bond acceptors (Lipinski definition) is 5. The molecule has 1 saturated carbocycles. The van der Waals surface area contributed by atoms with Crippen molar-refractivity contribution in [3.63, 3.8) is 0 Å². The van der Waals surface area contributed by atoms with E-state index >= 15 is 0 Å². The number of amides is 1. The van der Waals surface area contributed by atoms with Crippen LogP contribution in [-0.4, -0.2) is 39.8 Å². The first-order chi connectivity index (χ1) is 11.9. The number of ether oxygens (including phenoxy) is 1. The largest absolute Gasteiger partial charge is 0.494 e. The lowest BCUT2D eigenvalue weighted by Gasteiger charge is -2.31. The van der Waals surface area contributed by atoms with Crippen LogP contribution >= 0.6 is 12.4 Å². The lowest BCUT2D eigenvalue weighted by atomic mass is 9.84. The minimum atomic E-state index is -3.19. The Morgan fingerprint density at radius 2 is 1.88 bits per heavy atom. The Morgan fingerprint density at radius 1 is 1.23 bits per heavy atom. The lowest BCUT2D eigenvalue weighted by molar-refractivity contribution is -0.122. The van der Waals surface area contributed by atoms with E-state index in [0.717, 1.165) is 19.3 Å². The molecule has 148 valence electrons. The van der Waals surface area contributed by atoms with E-state index < -0.39 is 9.84 Å². The number of hydrogen-bond donors (Lipinski definition) is 2. The Bertz CT molecular complexity index is 664. The smallest absolute Gasteiger partial charge is 0.220 e. The molecule has 0 saturated heterocycles. The summed E-state index contributed by atoms with van der Waals surface area (Å²) in [5, 5.41) is 3.10. The van der Waals surface area contributed by atoms with E-state index in [9.17, 15) is 13.2 Å². The van der Waals surface area contributed by atoms with Gasteiger partial charge in [-0.25, -0.2) is 8.42 Å². The van der Waals surface area contributed by atoms with Gasteiger partial charge in [0.1, 0.15) is 5.75 Å². The van der Waals surface area contributed by atoms with Gasteiger partial charge >= 0.3 is 0 Å². The Labute approximate surface area is 162 Å². The maximum Gasteiger partial charge on any atom is 0.220 e. The van der Waals surface area contributed by atoms with Crippen LogP contribution in [0.5, 0.6) is 5.75 Å². The van der Waals surface area contributed by atoms with Crippen LogP contribution < -0.4 is 15.8 Å². The number of nitrogens with one attached hydrogen (secondary N) is 1. The third-order valence-electron chi connectivity index (χ3n) is 4.63. The molecule has 1 aromatic rings. The van der Waals surface area contributed by atoms with Gasteiger partial charge in [0.15, 0.2) is 9.84 Å². The molecule has 1 amide bonds. The van der Waals surface area contributed by atoms with E-state index in [1.165, 1.54) is 24.8 Å². The number of sulfone groups is 1. The fourth-order valence-corrected chi connectivity index (χ4v) is 3.80. The summed E-state index contributed by atoms with van der Waals surface area (Å²) in [5.41, 5.74) is 5.78. The van der Waals surface area contributed by atoms with E-state index in [4.69, 9.17) is 10.5 Å². The van der Waals surface area contributed by atoms with Crippen molar-refractivity contribution in [3.05, 3.63) is 24.3 Å². The Balaban J connectivity index is 0.00000338. The number of carbonyl (C=O) groups excluding carboxylic acids is 1. The number of halogens is 1. The molecule has 0 aromatic heterocycles. The maximum atomic E-state index is 12.1. The molecule has 2 atom stereocenters. The third-order valence-corrected chi connectivity index (χ3v) is 5.76. The summed E-state index contributed by atoms with van der Waals surface area (Å²) in [4.78, 5) is 12.3. The van der Waals surface area contributed by atoms with Gasteiger partial charge < -0.3 is 15.8 Å². The van der Waals surface area contributed by atoms with Crippen LogP contribution in [0.15, 0.2) is 29.2 Å². The van der Waals surface area contributed by atoms with Crippen molar-refractivity contribution < 1.29 is 17.9 Å². The van der Waals surface area contributed by atoms with Crippen molar-refractivity contribution in [2.45, 2.75) is 49.5 Å². The van der Waals surface area contributed by atoms with Crippen LogP contribution in [0, 0.1) is 5.92 Å². The van der Waals surface area contributed by atoms with E-state index in [1.807, 2.05) is 0 Å². The molecule has 2 rings (SSSR count). The molecule has 1 aromatic carbocycles. The van der Waals surface area contributed by atoms with Crippen LogP contribution in [0.3, 0.4) is 0 Å². The van der Waals surface area contributed by atoms with Crippen molar-refractivity contribution >= 4 is 28.2 Å². The summed E-state index contributed by atoms with van der Waals surface area (Å²) in [6.07, 6.45) is 6.64. The molecule has 0 bridgehead atoms. The van der Waals surface area contributed by atoms with Crippen LogP contribution in [-0.2, 0) is 14.6 Å². The molecule has 0 spiro atoms. The van der Waals surface area contributed by atoms with Crippen molar-refractivity contribution in [1.82, 2.24) is 5.32 Å². The van der Waals surface area contributed by atoms with Crippen molar-refractivity contribution in [2.75, 3.05) is 19.4 Å².